The molecule has 1 aliphatic rings. The van der Waals surface area contributed by atoms with Crippen molar-refractivity contribution in [2.45, 2.75) is 52.2 Å². The molecule has 0 fully saturated rings. The molecule has 138 valence electrons. The Balaban J connectivity index is 1.77. The molecule has 2 aromatic carbocycles. The van der Waals surface area contributed by atoms with Crippen LogP contribution >= 0.6 is 0 Å². The van der Waals surface area contributed by atoms with Crippen LogP contribution < -0.4 is 14.8 Å². The van der Waals surface area contributed by atoms with Crippen LogP contribution in [-0.2, 0) is 0 Å². The smallest absolute Gasteiger partial charge is 0.251 e. The molecule has 26 heavy (non-hydrogen) atoms. The fraction of sp³-hybridized carbons (Fsp3) is 0.409. The Bertz CT molecular complexity index is 780. The van der Waals surface area contributed by atoms with Crippen LogP contribution in [0.25, 0.3) is 0 Å². The van der Waals surface area contributed by atoms with Gasteiger partial charge in [0.05, 0.1) is 12.6 Å². The molecular formula is C22H27NO3. The van der Waals surface area contributed by atoms with Gasteiger partial charge in [-0.25, -0.2) is 0 Å². The van der Waals surface area contributed by atoms with Gasteiger partial charge in [-0.3, -0.25) is 4.79 Å². The van der Waals surface area contributed by atoms with Gasteiger partial charge >= 0.3 is 0 Å². The van der Waals surface area contributed by atoms with E-state index in [1.807, 2.05) is 43.3 Å². The van der Waals surface area contributed by atoms with Gasteiger partial charge in [-0.2, -0.15) is 0 Å². The molecule has 1 amide bonds. The van der Waals surface area contributed by atoms with Gasteiger partial charge in [0, 0.05) is 17.5 Å². The quantitative estimate of drug-likeness (QED) is 0.838. The second-order valence-electron chi connectivity index (χ2n) is 7.51. The zero-order valence-electron chi connectivity index (χ0n) is 16.0. The third-order valence-corrected chi connectivity index (χ3v) is 4.52. The average Bonchev–Trinajstić information content (AvgIpc) is 2.60. The summed E-state index contributed by atoms with van der Waals surface area (Å²) >= 11 is 0. The van der Waals surface area contributed by atoms with Crippen LogP contribution in [0.15, 0.2) is 42.5 Å². The van der Waals surface area contributed by atoms with Crippen molar-refractivity contribution in [2.24, 2.45) is 0 Å². The molecule has 0 saturated heterocycles. The maximum absolute atomic E-state index is 12.8. The van der Waals surface area contributed by atoms with Crippen LogP contribution in [0.3, 0.4) is 0 Å². The summed E-state index contributed by atoms with van der Waals surface area (Å²) in [6, 6.07) is 13.4. The van der Waals surface area contributed by atoms with Gasteiger partial charge in [-0.15, -0.1) is 0 Å². The van der Waals surface area contributed by atoms with Gasteiger partial charge in [-0.05, 0) is 57.5 Å². The number of nitrogens with one attached hydrogen (secondary N) is 1. The average molecular weight is 353 g/mol. The lowest BCUT2D eigenvalue weighted by Gasteiger charge is -2.38. The first kappa shape index (κ1) is 18.3. The predicted octanol–water partition coefficient (Wildman–Crippen LogP) is 4.82. The van der Waals surface area contributed by atoms with Crippen molar-refractivity contribution in [2.75, 3.05) is 6.61 Å². The molecule has 1 unspecified atom stereocenters. The zero-order valence-corrected chi connectivity index (χ0v) is 16.0. The number of carbonyl (C=O) groups excluding carboxylic acids is 1. The van der Waals surface area contributed by atoms with E-state index in [1.54, 1.807) is 0 Å². The minimum atomic E-state index is -0.321. The minimum absolute atomic E-state index is 0.0721. The third kappa shape index (κ3) is 4.18. The van der Waals surface area contributed by atoms with E-state index in [9.17, 15) is 4.79 Å². The highest BCUT2D eigenvalue weighted by Crippen LogP contribution is 2.40. The van der Waals surface area contributed by atoms with Crippen LogP contribution in [-0.4, -0.2) is 18.1 Å². The number of carbonyl (C=O) groups is 1. The summed E-state index contributed by atoms with van der Waals surface area (Å²) < 4.78 is 11.7. The Morgan fingerprint density at radius 3 is 2.65 bits per heavy atom. The van der Waals surface area contributed by atoms with Crippen molar-refractivity contribution in [1.82, 2.24) is 5.32 Å². The van der Waals surface area contributed by atoms with Gasteiger partial charge in [0.2, 0.25) is 0 Å². The number of amides is 1. The highest BCUT2D eigenvalue weighted by molar-refractivity contribution is 5.94. The lowest BCUT2D eigenvalue weighted by atomic mass is 9.88. The number of benzene rings is 2. The normalized spacial score (nSPS) is 17.8. The van der Waals surface area contributed by atoms with Crippen molar-refractivity contribution in [1.29, 1.82) is 0 Å². The van der Waals surface area contributed by atoms with E-state index in [0.29, 0.717) is 12.2 Å². The van der Waals surface area contributed by atoms with E-state index in [4.69, 9.17) is 9.47 Å². The molecule has 1 aliphatic heterocycles. The summed E-state index contributed by atoms with van der Waals surface area (Å²) in [5.41, 5.74) is 2.51. The molecule has 1 heterocycles. The molecule has 3 rings (SSSR count). The van der Waals surface area contributed by atoms with Crippen LogP contribution in [0.1, 0.15) is 61.1 Å². The molecule has 2 aromatic rings. The van der Waals surface area contributed by atoms with Gasteiger partial charge in [-0.1, -0.05) is 24.6 Å². The van der Waals surface area contributed by atoms with Crippen LogP contribution in [0.5, 0.6) is 11.5 Å². The fourth-order valence-corrected chi connectivity index (χ4v) is 3.27. The molecule has 1 N–H and O–H groups in total. The second-order valence-corrected chi connectivity index (χ2v) is 7.51. The van der Waals surface area contributed by atoms with E-state index in [-0.39, 0.29) is 17.6 Å². The Kier molecular flexibility index (Phi) is 5.21. The van der Waals surface area contributed by atoms with Crippen molar-refractivity contribution in [3.05, 3.63) is 59.2 Å². The molecule has 0 spiro atoms. The molecule has 0 bridgehead atoms. The summed E-state index contributed by atoms with van der Waals surface area (Å²) in [6.07, 6.45) is 1.69. The molecule has 0 saturated carbocycles. The Hall–Kier alpha value is -2.49. The van der Waals surface area contributed by atoms with Crippen molar-refractivity contribution in [3.63, 3.8) is 0 Å². The van der Waals surface area contributed by atoms with E-state index >= 15 is 0 Å². The number of hydrogen-bond donors (Lipinski definition) is 1. The molecule has 0 aliphatic carbocycles. The minimum Gasteiger partial charge on any atom is -0.494 e. The number of hydrogen-bond acceptors (Lipinski definition) is 3. The van der Waals surface area contributed by atoms with Gasteiger partial charge in [0.1, 0.15) is 17.1 Å². The summed E-state index contributed by atoms with van der Waals surface area (Å²) in [6.45, 7) is 8.90. The van der Waals surface area contributed by atoms with Gasteiger partial charge in [0.25, 0.3) is 5.91 Å². The van der Waals surface area contributed by atoms with E-state index in [1.165, 1.54) is 0 Å². The summed E-state index contributed by atoms with van der Waals surface area (Å²) in [5, 5.41) is 3.18. The molecule has 0 radical (unpaired) electrons. The van der Waals surface area contributed by atoms with E-state index < -0.39 is 0 Å². The molecule has 1 atom stereocenters. The number of rotatable bonds is 5. The number of fused-ring (bicyclic) bond motifs is 1. The lowest BCUT2D eigenvalue weighted by molar-refractivity contribution is 0.0619. The Labute approximate surface area is 155 Å². The predicted molar refractivity (Wildman–Crippen MR) is 103 cm³/mol. The highest BCUT2D eigenvalue weighted by atomic mass is 16.5. The first-order valence-electron chi connectivity index (χ1n) is 9.21. The second kappa shape index (κ2) is 7.40. The van der Waals surface area contributed by atoms with Crippen LogP contribution in [0, 0.1) is 6.92 Å². The van der Waals surface area contributed by atoms with Gasteiger partial charge in [0.15, 0.2) is 0 Å². The molecular weight excluding hydrogens is 326 g/mol. The van der Waals surface area contributed by atoms with Crippen LogP contribution in [0.2, 0.25) is 0 Å². The molecule has 0 aromatic heterocycles. The SMILES string of the molecule is CCCOc1ccc(C(=O)NC2CC(C)(C)Oc3ccc(C)cc32)cc1. The highest BCUT2D eigenvalue weighted by Gasteiger charge is 2.34. The maximum atomic E-state index is 12.8. The molecule has 4 nitrogen and oxygen atoms in total. The Morgan fingerprint density at radius 2 is 1.96 bits per heavy atom. The maximum Gasteiger partial charge on any atom is 0.251 e. The molecule has 4 heteroatoms. The lowest BCUT2D eigenvalue weighted by Crippen LogP contribution is -2.41. The van der Waals surface area contributed by atoms with Gasteiger partial charge < -0.3 is 14.8 Å². The largest absolute Gasteiger partial charge is 0.494 e. The number of ether oxygens (including phenoxy) is 2. The number of aryl methyl sites for hydroxylation is 1. The zero-order chi connectivity index (χ0) is 18.7. The first-order chi connectivity index (χ1) is 12.4. The van der Waals surface area contributed by atoms with Crippen molar-refractivity contribution in [3.8, 4) is 11.5 Å². The topological polar surface area (TPSA) is 47.6 Å². The van der Waals surface area contributed by atoms with E-state index in [2.05, 4.69) is 32.2 Å². The summed E-state index contributed by atoms with van der Waals surface area (Å²) in [7, 11) is 0. The van der Waals surface area contributed by atoms with Crippen molar-refractivity contribution >= 4 is 5.91 Å². The van der Waals surface area contributed by atoms with Crippen LogP contribution in [0.4, 0.5) is 0 Å². The van der Waals surface area contributed by atoms with Crippen molar-refractivity contribution < 1.29 is 14.3 Å². The third-order valence-electron chi connectivity index (χ3n) is 4.52. The standard InChI is InChI=1S/C22H27NO3/c1-5-12-25-17-9-7-16(8-10-17)21(24)23-19-14-22(3,4)26-20-11-6-15(2)13-18(19)20/h6-11,13,19H,5,12,14H2,1-4H3,(H,23,24). The first-order valence-corrected chi connectivity index (χ1v) is 9.21. The monoisotopic (exact) mass is 353 g/mol. The van der Waals surface area contributed by atoms with E-state index in [0.717, 1.165) is 35.5 Å². The summed E-state index contributed by atoms with van der Waals surface area (Å²) in [4.78, 5) is 12.8. The summed E-state index contributed by atoms with van der Waals surface area (Å²) in [5.74, 6) is 1.55. The Morgan fingerprint density at radius 1 is 1.23 bits per heavy atom. The fourth-order valence-electron chi connectivity index (χ4n) is 3.27.